The highest BCUT2D eigenvalue weighted by Crippen LogP contribution is 2.23. The number of hydrogen-bond acceptors (Lipinski definition) is 0. The van der Waals surface area contributed by atoms with Gasteiger partial charge in [-0.2, -0.15) is 0 Å². The van der Waals surface area contributed by atoms with Crippen LogP contribution in [0.5, 0.6) is 0 Å². The van der Waals surface area contributed by atoms with Gasteiger partial charge in [0.2, 0.25) is 6.69 Å². The zero-order valence-corrected chi connectivity index (χ0v) is 24.4. The first-order valence-electron chi connectivity index (χ1n) is 13.5. The van der Waals surface area contributed by atoms with Crippen molar-refractivity contribution in [1.29, 1.82) is 0 Å². The van der Waals surface area contributed by atoms with Crippen LogP contribution in [0.25, 0.3) is 0 Å². The van der Waals surface area contributed by atoms with Gasteiger partial charge in [-0.05, 0) is 19.0 Å². The van der Waals surface area contributed by atoms with Crippen LogP contribution in [0.4, 0.5) is 0 Å². The van der Waals surface area contributed by atoms with E-state index >= 15 is 0 Å². The van der Waals surface area contributed by atoms with Gasteiger partial charge in [0.15, 0.2) is 0 Å². The highest BCUT2D eigenvalue weighted by Gasteiger charge is 2.19. The molecule has 0 aliphatic rings. The van der Waals surface area contributed by atoms with Crippen molar-refractivity contribution in [3.8, 4) is 0 Å². The van der Waals surface area contributed by atoms with Gasteiger partial charge in [0.1, 0.15) is 0 Å². The Balaban J connectivity index is 3.02. The van der Waals surface area contributed by atoms with Crippen molar-refractivity contribution in [3.05, 3.63) is 0 Å². The van der Waals surface area contributed by atoms with Crippen LogP contribution in [-0.2, 0) is 0 Å². The van der Waals surface area contributed by atoms with Gasteiger partial charge in [0, 0.05) is 5.33 Å². The molecule has 0 atom stereocenters. The van der Waals surface area contributed by atoms with Crippen LogP contribution in [0.1, 0.15) is 148 Å². The third-order valence-corrected chi connectivity index (χ3v) is 9.18. The lowest BCUT2D eigenvalue weighted by Gasteiger charge is -2.09. The minimum Gasteiger partial charge on any atom is -0.146 e. The van der Waals surface area contributed by atoms with E-state index in [1.54, 1.807) is 0 Å². The SMILES string of the molecule is C[Si](Cl)(Cl)CCCCCCCCCCCCCCCCCCCCCCCCCBr. The van der Waals surface area contributed by atoms with Crippen LogP contribution in [0.2, 0.25) is 12.6 Å². The number of alkyl halides is 1. The Hall–Kier alpha value is 1.28. The van der Waals surface area contributed by atoms with E-state index in [0.29, 0.717) is 0 Å². The fourth-order valence-corrected chi connectivity index (χ4v) is 6.31. The minimum absolute atomic E-state index is 1.06. The minimum atomic E-state index is -1.83. The van der Waals surface area contributed by atoms with E-state index in [-0.39, 0.29) is 0 Å². The zero-order chi connectivity index (χ0) is 22.2. The topological polar surface area (TPSA) is 0 Å². The standard InChI is InChI=1S/C26H53BrCl2Si/c1-30(28,29)26-24-22-20-18-16-14-12-10-8-6-4-2-3-5-7-9-11-13-15-17-19-21-23-25-27/h2-26H2,1H3. The van der Waals surface area contributed by atoms with Gasteiger partial charge in [-0.3, -0.25) is 0 Å². The Morgan fingerprint density at radius 2 is 0.600 bits per heavy atom. The first-order valence-corrected chi connectivity index (χ1v) is 19.4. The smallest absolute Gasteiger partial charge is 0.146 e. The van der Waals surface area contributed by atoms with Crippen molar-refractivity contribution < 1.29 is 0 Å². The van der Waals surface area contributed by atoms with Gasteiger partial charge in [0.05, 0.1) is 0 Å². The summed E-state index contributed by atoms with van der Waals surface area (Å²) < 4.78 is 0. The third-order valence-electron chi connectivity index (χ3n) is 6.25. The molecule has 4 heteroatoms. The molecule has 0 aromatic rings. The summed E-state index contributed by atoms with van der Waals surface area (Å²) in [4.78, 5) is 0. The lowest BCUT2D eigenvalue weighted by atomic mass is 10.0. The second-order valence-electron chi connectivity index (χ2n) is 9.64. The van der Waals surface area contributed by atoms with Crippen LogP contribution in [-0.4, -0.2) is 12.0 Å². The predicted octanol–water partition coefficient (Wildman–Crippen LogP) is 11.9. The van der Waals surface area contributed by atoms with Crippen molar-refractivity contribution in [3.63, 3.8) is 0 Å². The average molecular weight is 545 g/mol. The quantitative estimate of drug-likeness (QED) is 0.0464. The van der Waals surface area contributed by atoms with Gasteiger partial charge in [-0.15, -0.1) is 22.2 Å². The van der Waals surface area contributed by atoms with Gasteiger partial charge in [0.25, 0.3) is 0 Å². The molecule has 0 spiro atoms. The second kappa shape index (κ2) is 24.9. The Labute approximate surface area is 209 Å². The summed E-state index contributed by atoms with van der Waals surface area (Å²) in [5.74, 6) is 0. The summed E-state index contributed by atoms with van der Waals surface area (Å²) in [7, 11) is 0. The Bertz CT molecular complexity index is 321. The van der Waals surface area contributed by atoms with Gasteiger partial charge in [-0.25, -0.2) is 0 Å². The molecule has 0 amide bonds. The molecular weight excluding hydrogens is 491 g/mol. The maximum absolute atomic E-state index is 6.14. The summed E-state index contributed by atoms with van der Waals surface area (Å²) in [6.07, 6.45) is 32.9. The molecule has 0 saturated carbocycles. The zero-order valence-electron chi connectivity index (χ0n) is 20.3. The van der Waals surface area contributed by atoms with Gasteiger partial charge >= 0.3 is 0 Å². The Morgan fingerprint density at radius 3 is 0.800 bits per heavy atom. The number of halogens is 3. The third kappa shape index (κ3) is 29.3. The fourth-order valence-electron chi connectivity index (χ4n) is 4.24. The predicted molar refractivity (Wildman–Crippen MR) is 148 cm³/mol. The molecule has 0 unspecified atom stereocenters. The van der Waals surface area contributed by atoms with E-state index in [4.69, 9.17) is 22.2 Å². The van der Waals surface area contributed by atoms with E-state index in [0.717, 1.165) is 6.04 Å². The molecule has 0 radical (unpaired) electrons. The maximum Gasteiger partial charge on any atom is 0.248 e. The van der Waals surface area contributed by atoms with Crippen LogP contribution in [0.3, 0.4) is 0 Å². The largest absolute Gasteiger partial charge is 0.248 e. The molecule has 0 nitrogen and oxygen atoms in total. The molecule has 0 aliphatic heterocycles. The van der Waals surface area contributed by atoms with Gasteiger partial charge < -0.3 is 0 Å². The number of hydrogen-bond donors (Lipinski definition) is 0. The molecule has 0 aromatic carbocycles. The molecule has 0 heterocycles. The average Bonchev–Trinajstić information content (AvgIpc) is 2.70. The van der Waals surface area contributed by atoms with Crippen LogP contribution in [0, 0.1) is 0 Å². The monoisotopic (exact) mass is 542 g/mol. The normalized spacial score (nSPS) is 12.0. The van der Waals surface area contributed by atoms with E-state index < -0.39 is 6.69 Å². The van der Waals surface area contributed by atoms with Crippen molar-refractivity contribution in [2.24, 2.45) is 0 Å². The molecule has 0 aliphatic carbocycles. The second-order valence-corrected chi connectivity index (χ2v) is 18.7. The first kappa shape index (κ1) is 31.3. The first-order chi connectivity index (χ1) is 14.6. The summed E-state index contributed by atoms with van der Waals surface area (Å²) in [6, 6.07) is 1.06. The summed E-state index contributed by atoms with van der Waals surface area (Å²) in [6.45, 7) is 0.203. The summed E-state index contributed by atoms with van der Waals surface area (Å²) in [5, 5.41) is 1.18. The molecule has 182 valence electrons. The van der Waals surface area contributed by atoms with Crippen molar-refractivity contribution in [2.75, 3.05) is 5.33 Å². The molecule has 0 rings (SSSR count). The molecule has 0 N–H and O–H groups in total. The van der Waals surface area contributed by atoms with Crippen molar-refractivity contribution in [1.82, 2.24) is 0 Å². The van der Waals surface area contributed by atoms with E-state index in [1.165, 1.54) is 153 Å². The highest BCUT2D eigenvalue weighted by atomic mass is 79.9. The lowest BCUT2D eigenvalue weighted by Crippen LogP contribution is -2.11. The molecule has 0 fully saturated rings. The molecular formula is C26H53BrCl2Si. The van der Waals surface area contributed by atoms with E-state index in [9.17, 15) is 0 Å². The van der Waals surface area contributed by atoms with E-state index in [2.05, 4.69) is 15.9 Å². The summed E-state index contributed by atoms with van der Waals surface area (Å²) in [5.41, 5.74) is 0. The highest BCUT2D eigenvalue weighted by molar-refractivity contribution is 9.09. The lowest BCUT2D eigenvalue weighted by molar-refractivity contribution is 0.519. The van der Waals surface area contributed by atoms with Crippen molar-refractivity contribution in [2.45, 2.75) is 160 Å². The maximum atomic E-state index is 6.14. The van der Waals surface area contributed by atoms with Crippen LogP contribution < -0.4 is 0 Å². The Morgan fingerprint density at radius 1 is 0.400 bits per heavy atom. The molecule has 0 bridgehead atoms. The van der Waals surface area contributed by atoms with Crippen LogP contribution >= 0.6 is 38.1 Å². The molecule has 0 aromatic heterocycles. The fraction of sp³-hybridized carbons (Fsp3) is 1.00. The van der Waals surface area contributed by atoms with E-state index in [1.807, 2.05) is 6.55 Å². The van der Waals surface area contributed by atoms with Crippen LogP contribution in [0.15, 0.2) is 0 Å². The van der Waals surface area contributed by atoms with Gasteiger partial charge in [-0.1, -0.05) is 157 Å². The van der Waals surface area contributed by atoms with Crippen molar-refractivity contribution >= 4 is 44.8 Å². The summed E-state index contributed by atoms with van der Waals surface area (Å²) >= 11 is 15.8. The number of unbranched alkanes of at least 4 members (excludes halogenated alkanes) is 22. The molecule has 30 heavy (non-hydrogen) atoms. The molecule has 0 saturated heterocycles. The number of rotatable bonds is 25. The Kier molecular flexibility index (Phi) is 26.0.